The smallest absolute Gasteiger partial charge is 0.171 e. The molecule has 3 nitrogen and oxygen atoms in total. The first kappa shape index (κ1) is 15.0. The zero-order chi connectivity index (χ0) is 14.5. The van der Waals surface area contributed by atoms with Crippen LogP contribution in [0.5, 0.6) is 0 Å². The van der Waals surface area contributed by atoms with E-state index in [0.29, 0.717) is 20.8 Å². The summed E-state index contributed by atoms with van der Waals surface area (Å²) in [5.41, 5.74) is 1.78. The van der Waals surface area contributed by atoms with E-state index in [2.05, 4.69) is 15.6 Å². The van der Waals surface area contributed by atoms with Crippen molar-refractivity contribution in [3.63, 3.8) is 0 Å². The van der Waals surface area contributed by atoms with Crippen molar-refractivity contribution in [2.24, 2.45) is 0 Å². The van der Waals surface area contributed by atoms with E-state index in [9.17, 15) is 0 Å². The molecule has 1 aromatic heterocycles. The van der Waals surface area contributed by atoms with Gasteiger partial charge in [-0.25, -0.2) is 0 Å². The summed E-state index contributed by atoms with van der Waals surface area (Å²) in [6.45, 7) is 2.02. The van der Waals surface area contributed by atoms with Crippen LogP contribution >= 0.6 is 35.4 Å². The van der Waals surface area contributed by atoms with E-state index >= 15 is 0 Å². The van der Waals surface area contributed by atoms with Crippen molar-refractivity contribution >= 4 is 46.2 Å². The number of benzene rings is 1. The van der Waals surface area contributed by atoms with Crippen LogP contribution in [-0.2, 0) is 0 Å². The number of nitrogens with zero attached hydrogens (tertiary/aromatic N) is 1. The van der Waals surface area contributed by atoms with Crippen molar-refractivity contribution in [1.82, 2.24) is 10.3 Å². The molecular formula is C14H13Cl2N3S. The Morgan fingerprint density at radius 1 is 1.20 bits per heavy atom. The highest BCUT2D eigenvalue weighted by molar-refractivity contribution is 7.80. The van der Waals surface area contributed by atoms with Gasteiger partial charge in [-0.3, -0.25) is 4.98 Å². The summed E-state index contributed by atoms with van der Waals surface area (Å²) in [5.74, 6) is 0. The fraction of sp³-hybridized carbons (Fsp3) is 0.143. The van der Waals surface area contributed by atoms with Gasteiger partial charge in [-0.05, 0) is 49.0 Å². The Hall–Kier alpha value is -1.36. The minimum absolute atomic E-state index is 0.0657. The number of hydrogen-bond acceptors (Lipinski definition) is 2. The first-order valence-corrected chi connectivity index (χ1v) is 7.16. The van der Waals surface area contributed by atoms with Crippen LogP contribution < -0.4 is 10.6 Å². The van der Waals surface area contributed by atoms with Crippen LogP contribution in [0.15, 0.2) is 42.7 Å². The molecule has 0 fully saturated rings. The maximum absolute atomic E-state index is 6.10. The molecule has 2 aromatic rings. The lowest BCUT2D eigenvalue weighted by Gasteiger charge is -2.18. The second kappa shape index (κ2) is 6.88. The molecule has 0 saturated carbocycles. The van der Waals surface area contributed by atoms with Crippen molar-refractivity contribution < 1.29 is 0 Å². The Balaban J connectivity index is 2.01. The Labute approximate surface area is 133 Å². The van der Waals surface area contributed by atoms with E-state index in [4.69, 9.17) is 35.4 Å². The highest BCUT2D eigenvalue weighted by Gasteiger charge is 2.09. The molecule has 20 heavy (non-hydrogen) atoms. The summed E-state index contributed by atoms with van der Waals surface area (Å²) >= 11 is 17.3. The fourth-order valence-electron chi connectivity index (χ4n) is 1.69. The predicted molar refractivity (Wildman–Crippen MR) is 88.5 cm³/mol. The molecule has 0 bridgehead atoms. The molecule has 0 aliphatic carbocycles. The fourth-order valence-corrected chi connectivity index (χ4v) is 2.33. The van der Waals surface area contributed by atoms with Crippen molar-refractivity contribution in [3.05, 3.63) is 58.3 Å². The number of hydrogen-bond donors (Lipinski definition) is 2. The second-order valence-electron chi connectivity index (χ2n) is 4.20. The number of aromatic nitrogens is 1. The standard InChI is InChI=1S/C14H13Cl2N3S/c1-9(10-5-7-17-8-6-10)18-14(20)19-12-4-2-3-11(15)13(12)16/h2-9H,1H3,(H2,18,19,20). The van der Waals surface area contributed by atoms with Gasteiger partial charge in [0.1, 0.15) is 0 Å². The van der Waals surface area contributed by atoms with Gasteiger partial charge in [0.05, 0.1) is 21.8 Å². The number of anilines is 1. The largest absolute Gasteiger partial charge is 0.356 e. The lowest BCUT2D eigenvalue weighted by molar-refractivity contribution is 0.721. The third kappa shape index (κ3) is 3.82. The molecule has 2 N–H and O–H groups in total. The number of nitrogens with one attached hydrogen (secondary N) is 2. The average molecular weight is 326 g/mol. The lowest BCUT2D eigenvalue weighted by Crippen LogP contribution is -2.31. The monoisotopic (exact) mass is 325 g/mol. The average Bonchev–Trinajstić information content (AvgIpc) is 2.45. The number of rotatable bonds is 3. The van der Waals surface area contributed by atoms with Gasteiger partial charge in [0.25, 0.3) is 0 Å². The molecule has 0 aliphatic rings. The number of halogens is 2. The van der Waals surface area contributed by atoms with Crippen LogP contribution in [-0.4, -0.2) is 10.1 Å². The zero-order valence-electron chi connectivity index (χ0n) is 10.7. The summed E-state index contributed by atoms with van der Waals surface area (Å²) in [7, 11) is 0. The molecule has 0 aliphatic heterocycles. The normalized spacial score (nSPS) is 11.8. The highest BCUT2D eigenvalue weighted by Crippen LogP contribution is 2.29. The topological polar surface area (TPSA) is 37.0 Å². The summed E-state index contributed by atoms with van der Waals surface area (Å²) in [6.07, 6.45) is 3.50. The van der Waals surface area contributed by atoms with Gasteiger partial charge >= 0.3 is 0 Å². The minimum atomic E-state index is 0.0657. The quantitative estimate of drug-likeness (QED) is 0.818. The molecule has 1 atom stereocenters. The molecule has 1 unspecified atom stereocenters. The first-order valence-electron chi connectivity index (χ1n) is 5.99. The van der Waals surface area contributed by atoms with Crippen molar-refractivity contribution in [2.75, 3.05) is 5.32 Å². The van der Waals surface area contributed by atoms with Gasteiger partial charge in [0, 0.05) is 12.4 Å². The summed E-state index contributed by atoms with van der Waals surface area (Å²) in [4.78, 5) is 3.99. The first-order chi connectivity index (χ1) is 9.58. The molecule has 104 valence electrons. The van der Waals surface area contributed by atoms with E-state index in [1.807, 2.05) is 31.2 Å². The number of thiocarbonyl (C=S) groups is 1. The SMILES string of the molecule is CC(NC(=S)Nc1cccc(Cl)c1Cl)c1ccncc1. The van der Waals surface area contributed by atoms with Crippen molar-refractivity contribution in [1.29, 1.82) is 0 Å². The summed E-state index contributed by atoms with van der Waals surface area (Å²) < 4.78 is 0. The van der Waals surface area contributed by atoms with Crippen LogP contribution in [0.25, 0.3) is 0 Å². The van der Waals surface area contributed by atoms with E-state index in [1.54, 1.807) is 18.5 Å². The lowest BCUT2D eigenvalue weighted by atomic mass is 10.1. The molecule has 2 rings (SSSR count). The van der Waals surface area contributed by atoms with Gasteiger partial charge in [0.2, 0.25) is 0 Å². The third-order valence-corrected chi connectivity index (χ3v) is 3.79. The zero-order valence-corrected chi connectivity index (χ0v) is 13.1. The van der Waals surface area contributed by atoms with Gasteiger partial charge in [-0.1, -0.05) is 29.3 Å². The Kier molecular flexibility index (Phi) is 5.17. The maximum atomic E-state index is 6.10. The molecule has 0 amide bonds. The molecular weight excluding hydrogens is 313 g/mol. The maximum Gasteiger partial charge on any atom is 0.171 e. The van der Waals surface area contributed by atoms with Crippen LogP contribution in [0.2, 0.25) is 10.0 Å². The molecule has 0 radical (unpaired) electrons. The van der Waals surface area contributed by atoms with Crippen molar-refractivity contribution in [2.45, 2.75) is 13.0 Å². The van der Waals surface area contributed by atoms with Gasteiger partial charge < -0.3 is 10.6 Å². The minimum Gasteiger partial charge on any atom is -0.356 e. The van der Waals surface area contributed by atoms with Gasteiger partial charge in [-0.2, -0.15) is 0 Å². The Morgan fingerprint density at radius 3 is 2.60 bits per heavy atom. The highest BCUT2D eigenvalue weighted by atomic mass is 35.5. The molecule has 0 spiro atoms. The van der Waals surface area contributed by atoms with E-state index in [-0.39, 0.29) is 6.04 Å². The molecule has 0 saturated heterocycles. The van der Waals surface area contributed by atoms with Crippen LogP contribution in [0.1, 0.15) is 18.5 Å². The summed E-state index contributed by atoms with van der Waals surface area (Å²) in [5, 5.41) is 7.65. The molecule has 1 heterocycles. The van der Waals surface area contributed by atoms with Crippen LogP contribution in [0.3, 0.4) is 0 Å². The van der Waals surface area contributed by atoms with Gasteiger partial charge in [-0.15, -0.1) is 0 Å². The van der Waals surface area contributed by atoms with Crippen LogP contribution in [0.4, 0.5) is 5.69 Å². The third-order valence-electron chi connectivity index (χ3n) is 2.75. The Morgan fingerprint density at radius 2 is 1.90 bits per heavy atom. The van der Waals surface area contributed by atoms with Crippen LogP contribution in [0, 0.1) is 0 Å². The molecule has 1 aromatic carbocycles. The number of pyridine rings is 1. The van der Waals surface area contributed by atoms with E-state index in [1.165, 1.54) is 0 Å². The summed E-state index contributed by atoms with van der Waals surface area (Å²) in [6, 6.07) is 9.30. The van der Waals surface area contributed by atoms with Gasteiger partial charge in [0.15, 0.2) is 5.11 Å². The Bertz CT molecular complexity index is 605. The second-order valence-corrected chi connectivity index (χ2v) is 5.40. The van der Waals surface area contributed by atoms with E-state index in [0.717, 1.165) is 5.56 Å². The molecule has 6 heteroatoms. The van der Waals surface area contributed by atoms with E-state index < -0.39 is 0 Å². The van der Waals surface area contributed by atoms with Crippen molar-refractivity contribution in [3.8, 4) is 0 Å². The predicted octanol–water partition coefficient (Wildman–Crippen LogP) is 4.44.